The molecule has 9 nitrogen and oxygen atoms in total. The van der Waals surface area contributed by atoms with Gasteiger partial charge in [-0.25, -0.2) is 9.18 Å². The summed E-state index contributed by atoms with van der Waals surface area (Å²) < 4.78 is 25.4. The third-order valence-corrected chi connectivity index (χ3v) is 6.85. The molecule has 2 aliphatic heterocycles. The molecule has 37 heavy (non-hydrogen) atoms. The number of ether oxygens (including phenoxy) is 2. The van der Waals surface area contributed by atoms with E-state index in [1.54, 1.807) is 48.0 Å². The number of nitrogens with one attached hydrogen (secondary N) is 2. The van der Waals surface area contributed by atoms with E-state index in [1.807, 2.05) is 6.07 Å². The lowest BCUT2D eigenvalue weighted by Crippen LogP contribution is -2.50. The van der Waals surface area contributed by atoms with Gasteiger partial charge in [0.1, 0.15) is 23.0 Å². The Kier molecular flexibility index (Phi) is 6.56. The van der Waals surface area contributed by atoms with Gasteiger partial charge in [0.25, 0.3) is 11.5 Å². The van der Waals surface area contributed by atoms with E-state index in [0.717, 1.165) is 12.1 Å². The molecule has 10 heteroatoms. The minimum atomic E-state index is -0.481. The van der Waals surface area contributed by atoms with Crippen LogP contribution in [-0.2, 0) is 6.54 Å². The molecule has 3 amide bonds. The van der Waals surface area contributed by atoms with Crippen LogP contribution in [0, 0.1) is 11.7 Å². The first-order valence-corrected chi connectivity index (χ1v) is 11.9. The number of nitrogens with zero attached hydrogens (tertiary/aromatic N) is 2. The molecule has 1 saturated heterocycles. The van der Waals surface area contributed by atoms with Gasteiger partial charge in [-0.1, -0.05) is 0 Å². The maximum Gasteiger partial charge on any atom is 0.321 e. The summed E-state index contributed by atoms with van der Waals surface area (Å²) in [7, 11) is 3.09. The molecule has 2 bridgehead atoms. The number of halogens is 1. The van der Waals surface area contributed by atoms with Crippen LogP contribution in [0.2, 0.25) is 0 Å². The van der Waals surface area contributed by atoms with Gasteiger partial charge in [0.15, 0.2) is 0 Å². The predicted octanol–water partition coefficient (Wildman–Crippen LogP) is 3.91. The number of benzene rings is 2. The number of carbonyl (C=O) groups excluding carboxylic acids is 2. The second-order valence-corrected chi connectivity index (χ2v) is 9.28. The molecule has 3 aromatic rings. The molecule has 0 saturated carbocycles. The maximum absolute atomic E-state index is 13.2. The fourth-order valence-corrected chi connectivity index (χ4v) is 5.08. The van der Waals surface area contributed by atoms with Crippen LogP contribution in [0.5, 0.6) is 11.5 Å². The SMILES string of the molecule is COc1cc(NC(=O)N2CC3CC(C2)c2ccc(NC(=O)c4ccc(F)cc4)c(=O)n2C3)cc(OC)c1. The first-order valence-electron chi connectivity index (χ1n) is 11.9. The highest BCUT2D eigenvalue weighted by Gasteiger charge is 2.37. The number of likely N-dealkylation sites (tertiary alicyclic amines) is 1. The van der Waals surface area contributed by atoms with Crippen LogP contribution in [0.3, 0.4) is 0 Å². The maximum atomic E-state index is 13.2. The topological polar surface area (TPSA) is 102 Å². The quantitative estimate of drug-likeness (QED) is 0.547. The van der Waals surface area contributed by atoms with E-state index in [1.165, 1.54) is 24.3 Å². The zero-order valence-electron chi connectivity index (χ0n) is 20.5. The number of amides is 3. The minimum Gasteiger partial charge on any atom is -0.497 e. The second-order valence-electron chi connectivity index (χ2n) is 9.28. The van der Waals surface area contributed by atoms with E-state index in [-0.39, 0.29) is 34.7 Å². The molecule has 0 aliphatic carbocycles. The van der Waals surface area contributed by atoms with Crippen molar-refractivity contribution in [1.82, 2.24) is 9.47 Å². The number of urea groups is 1. The molecule has 2 aliphatic rings. The van der Waals surface area contributed by atoms with E-state index in [9.17, 15) is 18.8 Å². The highest BCUT2D eigenvalue weighted by Crippen LogP contribution is 2.36. The number of fused-ring (bicyclic) bond motifs is 4. The summed E-state index contributed by atoms with van der Waals surface area (Å²) in [5.74, 6) is 0.306. The van der Waals surface area contributed by atoms with Gasteiger partial charge in [-0.3, -0.25) is 9.59 Å². The number of hydrogen-bond donors (Lipinski definition) is 2. The van der Waals surface area contributed by atoms with Gasteiger partial charge in [-0.05, 0) is 48.7 Å². The Morgan fingerprint density at radius 2 is 1.62 bits per heavy atom. The number of aromatic nitrogens is 1. The highest BCUT2D eigenvalue weighted by molar-refractivity contribution is 6.04. The Balaban J connectivity index is 1.31. The minimum absolute atomic E-state index is 0.00681. The van der Waals surface area contributed by atoms with Gasteiger partial charge in [0.05, 0.1) is 14.2 Å². The van der Waals surface area contributed by atoms with E-state index in [4.69, 9.17) is 9.47 Å². The first kappa shape index (κ1) is 24.4. The highest BCUT2D eigenvalue weighted by atomic mass is 19.1. The van der Waals surface area contributed by atoms with Gasteiger partial charge in [0.2, 0.25) is 0 Å². The van der Waals surface area contributed by atoms with Crippen molar-refractivity contribution in [3.63, 3.8) is 0 Å². The lowest BCUT2D eigenvalue weighted by Gasteiger charge is -2.42. The van der Waals surface area contributed by atoms with Crippen molar-refractivity contribution < 1.29 is 23.5 Å². The number of hydrogen-bond acceptors (Lipinski definition) is 5. The monoisotopic (exact) mass is 506 g/mol. The number of piperidine rings is 1. The third-order valence-electron chi connectivity index (χ3n) is 6.85. The fourth-order valence-electron chi connectivity index (χ4n) is 5.08. The average molecular weight is 507 g/mol. The van der Waals surface area contributed by atoms with Gasteiger partial charge < -0.3 is 29.6 Å². The number of rotatable bonds is 5. The van der Waals surface area contributed by atoms with Crippen LogP contribution in [0.25, 0.3) is 0 Å². The van der Waals surface area contributed by atoms with Crippen molar-refractivity contribution in [2.75, 3.05) is 37.9 Å². The van der Waals surface area contributed by atoms with Gasteiger partial charge in [0, 0.05) is 60.7 Å². The normalized spacial score (nSPS) is 18.0. The predicted molar refractivity (Wildman–Crippen MR) is 136 cm³/mol. The Hall–Kier alpha value is -4.34. The van der Waals surface area contributed by atoms with Crippen LogP contribution in [0.1, 0.15) is 28.4 Å². The average Bonchev–Trinajstić information content (AvgIpc) is 2.90. The Bertz CT molecular complexity index is 1380. The fraction of sp³-hybridized carbons (Fsp3) is 0.296. The zero-order chi connectivity index (χ0) is 26.1. The molecule has 1 fully saturated rings. The summed E-state index contributed by atoms with van der Waals surface area (Å²) in [6, 6.07) is 13.5. The lowest BCUT2D eigenvalue weighted by molar-refractivity contribution is 0.102. The third kappa shape index (κ3) is 5.00. The largest absolute Gasteiger partial charge is 0.497 e. The molecule has 3 heterocycles. The molecule has 1 aromatic heterocycles. The van der Waals surface area contributed by atoms with Crippen LogP contribution in [-0.4, -0.2) is 48.7 Å². The summed E-state index contributed by atoms with van der Waals surface area (Å²) in [6.07, 6.45) is 0.873. The standard InChI is InChI=1S/C27H27FN4O5/c1-36-21-10-20(11-22(12-21)37-2)29-27(35)31-13-16-9-18(15-31)24-8-7-23(26(34)32(24)14-16)30-25(33)17-3-5-19(28)6-4-17/h3-8,10-12,16,18H,9,13-15H2,1-2H3,(H,29,35)(H,30,33). The Labute approximate surface area is 212 Å². The molecule has 2 N–H and O–H groups in total. The van der Waals surface area contributed by atoms with Crippen LogP contribution in [0.4, 0.5) is 20.6 Å². The summed E-state index contributed by atoms with van der Waals surface area (Å²) in [6.45, 7) is 1.41. The van der Waals surface area contributed by atoms with E-state index in [2.05, 4.69) is 10.6 Å². The van der Waals surface area contributed by atoms with Crippen LogP contribution >= 0.6 is 0 Å². The summed E-state index contributed by atoms with van der Waals surface area (Å²) >= 11 is 0. The van der Waals surface area contributed by atoms with E-state index >= 15 is 0 Å². The summed E-state index contributed by atoms with van der Waals surface area (Å²) in [5.41, 5.74) is 1.54. The number of methoxy groups -OCH3 is 2. The van der Waals surface area contributed by atoms with Gasteiger partial charge in [-0.2, -0.15) is 0 Å². The Morgan fingerprint density at radius 3 is 2.30 bits per heavy atom. The van der Waals surface area contributed by atoms with Crippen LogP contribution in [0.15, 0.2) is 59.4 Å². The molecular weight excluding hydrogens is 479 g/mol. The Morgan fingerprint density at radius 1 is 0.919 bits per heavy atom. The van der Waals surface area contributed by atoms with Gasteiger partial charge >= 0.3 is 6.03 Å². The molecule has 0 spiro atoms. The number of pyridine rings is 1. The summed E-state index contributed by atoms with van der Waals surface area (Å²) in [4.78, 5) is 40.6. The molecular formula is C27H27FN4O5. The molecule has 5 rings (SSSR count). The molecule has 2 atom stereocenters. The molecule has 0 radical (unpaired) electrons. The van der Waals surface area contributed by atoms with Crippen molar-refractivity contribution >= 4 is 23.3 Å². The van der Waals surface area contributed by atoms with E-state index < -0.39 is 11.7 Å². The lowest BCUT2D eigenvalue weighted by atomic mass is 9.83. The van der Waals surface area contributed by atoms with Crippen molar-refractivity contribution in [3.05, 3.63) is 82.0 Å². The zero-order valence-corrected chi connectivity index (χ0v) is 20.5. The first-order chi connectivity index (χ1) is 17.8. The van der Waals surface area contributed by atoms with Crippen molar-refractivity contribution in [1.29, 1.82) is 0 Å². The smallest absolute Gasteiger partial charge is 0.321 e. The second kappa shape index (κ2) is 9.96. The molecule has 2 unspecified atom stereocenters. The van der Waals surface area contributed by atoms with Crippen molar-refractivity contribution in [2.45, 2.75) is 18.9 Å². The van der Waals surface area contributed by atoms with E-state index in [0.29, 0.717) is 36.8 Å². The number of anilines is 2. The number of carbonyl (C=O) groups is 2. The van der Waals surface area contributed by atoms with Crippen molar-refractivity contribution in [3.8, 4) is 11.5 Å². The van der Waals surface area contributed by atoms with Gasteiger partial charge in [-0.15, -0.1) is 0 Å². The summed E-state index contributed by atoms with van der Waals surface area (Å²) in [5, 5.41) is 5.57. The van der Waals surface area contributed by atoms with Crippen LogP contribution < -0.4 is 25.7 Å². The molecule has 192 valence electrons. The van der Waals surface area contributed by atoms with Crippen molar-refractivity contribution in [2.24, 2.45) is 5.92 Å². The molecule has 2 aromatic carbocycles.